The van der Waals surface area contributed by atoms with E-state index in [-0.39, 0.29) is 0 Å². The molecule has 0 aliphatic rings. The summed E-state index contributed by atoms with van der Waals surface area (Å²) in [7, 11) is 0. The highest BCUT2D eigenvalue weighted by molar-refractivity contribution is 5.88. The molecule has 0 radical (unpaired) electrons. The molecule has 0 spiro atoms. The molecular formula is C14H9NO3. The Balaban J connectivity index is 1.97. The molecule has 0 amide bonds. The summed E-state index contributed by atoms with van der Waals surface area (Å²) in [5.41, 5.74) is 0.515. The van der Waals surface area contributed by atoms with E-state index in [2.05, 4.69) is 0 Å². The summed E-state index contributed by atoms with van der Waals surface area (Å²) in [6.07, 6.45) is 4.31. The largest absolute Gasteiger partial charge is 0.465 e. The van der Waals surface area contributed by atoms with E-state index in [9.17, 15) is 4.79 Å². The molecule has 0 fully saturated rings. The lowest BCUT2D eigenvalue weighted by atomic mass is 10.2. The SMILES string of the molecule is N#Cc1ccc(OC(=O)/C=C/c2ccco2)cc1. The Morgan fingerprint density at radius 2 is 2.06 bits per heavy atom. The van der Waals surface area contributed by atoms with Gasteiger partial charge >= 0.3 is 5.97 Å². The van der Waals surface area contributed by atoms with Gasteiger partial charge in [-0.1, -0.05) is 0 Å². The summed E-state index contributed by atoms with van der Waals surface area (Å²) in [5.74, 6) is 0.464. The van der Waals surface area contributed by atoms with Crippen LogP contribution in [0.15, 0.2) is 53.2 Å². The summed E-state index contributed by atoms with van der Waals surface area (Å²) in [5, 5.41) is 8.62. The van der Waals surface area contributed by atoms with Gasteiger partial charge in [0.15, 0.2) is 0 Å². The zero-order chi connectivity index (χ0) is 12.8. The van der Waals surface area contributed by atoms with Crippen LogP contribution in [0.3, 0.4) is 0 Å². The third-order valence-corrected chi connectivity index (χ3v) is 2.13. The number of furan rings is 1. The Kier molecular flexibility index (Phi) is 3.57. The molecule has 0 N–H and O–H groups in total. The number of nitriles is 1. The number of hydrogen-bond acceptors (Lipinski definition) is 4. The minimum atomic E-state index is -0.504. The van der Waals surface area contributed by atoms with Gasteiger partial charge in [-0.3, -0.25) is 0 Å². The van der Waals surface area contributed by atoms with Crippen LogP contribution in [0.25, 0.3) is 6.08 Å². The first-order valence-corrected chi connectivity index (χ1v) is 5.21. The molecular weight excluding hydrogens is 230 g/mol. The third-order valence-electron chi connectivity index (χ3n) is 2.13. The van der Waals surface area contributed by atoms with Crippen LogP contribution in [0.1, 0.15) is 11.3 Å². The quantitative estimate of drug-likeness (QED) is 0.469. The van der Waals surface area contributed by atoms with Crippen molar-refractivity contribution >= 4 is 12.0 Å². The molecule has 0 atom stereocenters. The lowest BCUT2D eigenvalue weighted by Crippen LogP contribution is -2.03. The van der Waals surface area contributed by atoms with Crippen molar-refractivity contribution in [3.05, 3.63) is 60.1 Å². The second-order valence-electron chi connectivity index (χ2n) is 3.41. The monoisotopic (exact) mass is 239 g/mol. The van der Waals surface area contributed by atoms with Crippen LogP contribution < -0.4 is 4.74 Å². The smallest absolute Gasteiger partial charge is 0.336 e. The Morgan fingerprint density at radius 3 is 2.67 bits per heavy atom. The van der Waals surface area contributed by atoms with Crippen molar-refractivity contribution in [3.63, 3.8) is 0 Å². The maximum atomic E-state index is 11.4. The van der Waals surface area contributed by atoms with Crippen molar-refractivity contribution in [1.29, 1.82) is 5.26 Å². The molecule has 1 aromatic carbocycles. The minimum absolute atomic E-state index is 0.392. The normalized spacial score (nSPS) is 10.2. The van der Waals surface area contributed by atoms with Crippen LogP contribution in [0.5, 0.6) is 5.75 Å². The molecule has 4 nitrogen and oxygen atoms in total. The summed E-state index contributed by atoms with van der Waals surface area (Å²) in [6, 6.07) is 11.7. The second-order valence-corrected chi connectivity index (χ2v) is 3.41. The Hall–Kier alpha value is -2.80. The number of carbonyl (C=O) groups excluding carboxylic acids is 1. The van der Waals surface area contributed by atoms with Gasteiger partial charge < -0.3 is 9.15 Å². The summed E-state index contributed by atoms with van der Waals surface area (Å²) >= 11 is 0. The first-order chi connectivity index (χ1) is 8.78. The zero-order valence-corrected chi connectivity index (χ0v) is 9.37. The van der Waals surface area contributed by atoms with Gasteiger partial charge in [0.1, 0.15) is 11.5 Å². The van der Waals surface area contributed by atoms with Gasteiger partial charge in [-0.2, -0.15) is 5.26 Å². The second kappa shape index (κ2) is 5.51. The zero-order valence-electron chi connectivity index (χ0n) is 9.37. The van der Waals surface area contributed by atoms with E-state index < -0.39 is 5.97 Å². The standard InChI is InChI=1S/C14H9NO3/c15-10-11-3-5-13(6-4-11)18-14(16)8-7-12-2-1-9-17-12/h1-9H/b8-7+. The molecule has 0 bridgehead atoms. The molecule has 0 saturated heterocycles. The summed E-state index contributed by atoms with van der Waals surface area (Å²) in [4.78, 5) is 11.4. The highest BCUT2D eigenvalue weighted by Crippen LogP contribution is 2.12. The van der Waals surface area contributed by atoms with Crippen molar-refractivity contribution in [2.24, 2.45) is 0 Å². The molecule has 1 heterocycles. The Morgan fingerprint density at radius 1 is 1.28 bits per heavy atom. The van der Waals surface area contributed by atoms with Crippen LogP contribution in [-0.4, -0.2) is 5.97 Å². The van der Waals surface area contributed by atoms with Crippen molar-refractivity contribution in [2.45, 2.75) is 0 Å². The average molecular weight is 239 g/mol. The lowest BCUT2D eigenvalue weighted by molar-refractivity contribution is -0.128. The molecule has 1 aromatic heterocycles. The minimum Gasteiger partial charge on any atom is -0.465 e. The van der Waals surface area contributed by atoms with Gasteiger partial charge in [-0.25, -0.2) is 4.79 Å². The van der Waals surface area contributed by atoms with E-state index in [0.29, 0.717) is 17.1 Å². The number of hydrogen-bond donors (Lipinski definition) is 0. The first kappa shape index (κ1) is 11.7. The number of nitrogens with zero attached hydrogens (tertiary/aromatic N) is 1. The van der Waals surface area contributed by atoms with Gasteiger partial charge in [-0.05, 0) is 42.5 Å². The first-order valence-electron chi connectivity index (χ1n) is 5.21. The fraction of sp³-hybridized carbons (Fsp3) is 0. The maximum absolute atomic E-state index is 11.4. The molecule has 0 aliphatic heterocycles. The van der Waals surface area contributed by atoms with Crippen LogP contribution in [0.4, 0.5) is 0 Å². The summed E-state index contributed by atoms with van der Waals surface area (Å²) in [6.45, 7) is 0. The number of rotatable bonds is 3. The van der Waals surface area contributed by atoms with Crippen LogP contribution in [0, 0.1) is 11.3 Å². The van der Waals surface area contributed by atoms with Crippen LogP contribution >= 0.6 is 0 Å². The molecule has 4 heteroatoms. The fourth-order valence-corrected chi connectivity index (χ4v) is 1.28. The number of benzene rings is 1. The topological polar surface area (TPSA) is 63.2 Å². The maximum Gasteiger partial charge on any atom is 0.336 e. The van der Waals surface area contributed by atoms with Crippen LogP contribution in [0.2, 0.25) is 0 Å². The number of carbonyl (C=O) groups is 1. The molecule has 2 aromatic rings. The Bertz CT molecular complexity index is 589. The molecule has 0 unspecified atom stereocenters. The van der Waals surface area contributed by atoms with Crippen molar-refractivity contribution in [1.82, 2.24) is 0 Å². The van der Waals surface area contributed by atoms with Gasteiger partial charge in [0.2, 0.25) is 0 Å². The third kappa shape index (κ3) is 3.09. The van der Waals surface area contributed by atoms with Crippen molar-refractivity contribution in [2.75, 3.05) is 0 Å². The van der Waals surface area contributed by atoms with E-state index in [1.165, 1.54) is 18.4 Å². The fourth-order valence-electron chi connectivity index (χ4n) is 1.28. The van der Waals surface area contributed by atoms with Crippen LogP contribution in [-0.2, 0) is 4.79 Å². The van der Waals surface area contributed by atoms with E-state index >= 15 is 0 Å². The average Bonchev–Trinajstić information content (AvgIpc) is 2.90. The molecule has 2 rings (SSSR count). The summed E-state index contributed by atoms with van der Waals surface area (Å²) < 4.78 is 10.1. The molecule has 0 saturated carbocycles. The highest BCUT2D eigenvalue weighted by Gasteiger charge is 2.00. The van der Waals surface area contributed by atoms with E-state index in [1.54, 1.807) is 36.4 Å². The van der Waals surface area contributed by atoms with Gasteiger partial charge in [0, 0.05) is 6.08 Å². The predicted molar refractivity (Wildman–Crippen MR) is 64.5 cm³/mol. The predicted octanol–water partition coefficient (Wildman–Crippen LogP) is 2.77. The molecule has 0 aliphatic carbocycles. The van der Waals surface area contributed by atoms with Crippen molar-refractivity contribution in [3.8, 4) is 11.8 Å². The van der Waals surface area contributed by atoms with Gasteiger partial charge in [0.05, 0.1) is 17.9 Å². The van der Waals surface area contributed by atoms with Crippen molar-refractivity contribution < 1.29 is 13.9 Å². The van der Waals surface area contributed by atoms with Gasteiger partial charge in [0.25, 0.3) is 0 Å². The highest BCUT2D eigenvalue weighted by atomic mass is 16.5. The molecule has 18 heavy (non-hydrogen) atoms. The number of ether oxygens (including phenoxy) is 1. The molecule has 88 valence electrons. The van der Waals surface area contributed by atoms with Gasteiger partial charge in [-0.15, -0.1) is 0 Å². The Labute approximate surface area is 104 Å². The number of esters is 1. The van der Waals surface area contributed by atoms with E-state index in [4.69, 9.17) is 14.4 Å². The lowest BCUT2D eigenvalue weighted by Gasteiger charge is -2.00. The van der Waals surface area contributed by atoms with E-state index in [1.807, 2.05) is 6.07 Å². The van der Waals surface area contributed by atoms with E-state index in [0.717, 1.165) is 0 Å².